The average molecular weight is 206 g/mol. The first kappa shape index (κ1) is 11.6. The van der Waals surface area contributed by atoms with Gasteiger partial charge in [0, 0.05) is 6.04 Å². The summed E-state index contributed by atoms with van der Waals surface area (Å²) in [5.74, 6) is 0. The van der Waals surface area contributed by atoms with Crippen LogP contribution in [0.5, 0.6) is 0 Å². The van der Waals surface area contributed by atoms with E-state index in [1.807, 2.05) is 51.1 Å². The van der Waals surface area contributed by atoms with Crippen molar-refractivity contribution in [2.75, 3.05) is 0 Å². The Bertz CT molecular complexity index is 309. The van der Waals surface area contributed by atoms with Crippen molar-refractivity contribution in [3.63, 3.8) is 0 Å². The number of hydrogen-bond donors (Lipinski definition) is 2. The van der Waals surface area contributed by atoms with Gasteiger partial charge in [0.15, 0.2) is 0 Å². The molecule has 15 heavy (non-hydrogen) atoms. The number of benzene rings is 1. The van der Waals surface area contributed by atoms with Gasteiger partial charge in [-0.15, -0.1) is 0 Å². The molecule has 3 heteroatoms. The number of carbonyl (C=O) groups excluding carboxylic acids is 1. The molecule has 0 fully saturated rings. The molecule has 2 N–H and O–H groups in total. The number of carbonyl (C=O) groups is 1. The zero-order valence-corrected chi connectivity index (χ0v) is 9.45. The SMILES string of the molecule is CC(C)NC(=O)NC(C)c1ccccc1. The molecular formula is C12H18N2O. The molecule has 82 valence electrons. The van der Waals surface area contributed by atoms with Crippen LogP contribution < -0.4 is 10.6 Å². The van der Waals surface area contributed by atoms with Gasteiger partial charge in [0.1, 0.15) is 0 Å². The largest absolute Gasteiger partial charge is 0.336 e. The monoisotopic (exact) mass is 206 g/mol. The molecule has 0 aliphatic carbocycles. The fraction of sp³-hybridized carbons (Fsp3) is 0.417. The van der Waals surface area contributed by atoms with Crippen LogP contribution in [0.3, 0.4) is 0 Å². The second kappa shape index (κ2) is 5.39. The van der Waals surface area contributed by atoms with Crippen molar-refractivity contribution >= 4 is 6.03 Å². The van der Waals surface area contributed by atoms with Crippen LogP contribution >= 0.6 is 0 Å². The van der Waals surface area contributed by atoms with E-state index in [2.05, 4.69) is 10.6 Å². The van der Waals surface area contributed by atoms with Crippen molar-refractivity contribution in [1.29, 1.82) is 0 Å². The quantitative estimate of drug-likeness (QED) is 0.783. The molecule has 0 aromatic heterocycles. The fourth-order valence-corrected chi connectivity index (χ4v) is 1.33. The lowest BCUT2D eigenvalue weighted by atomic mass is 10.1. The van der Waals surface area contributed by atoms with Crippen LogP contribution in [-0.2, 0) is 0 Å². The minimum Gasteiger partial charge on any atom is -0.336 e. The van der Waals surface area contributed by atoms with Crippen LogP contribution in [0.2, 0.25) is 0 Å². The fourth-order valence-electron chi connectivity index (χ4n) is 1.33. The minimum atomic E-state index is -0.124. The van der Waals surface area contributed by atoms with E-state index in [0.29, 0.717) is 0 Å². The zero-order valence-electron chi connectivity index (χ0n) is 9.45. The van der Waals surface area contributed by atoms with Gasteiger partial charge in [0.25, 0.3) is 0 Å². The van der Waals surface area contributed by atoms with Gasteiger partial charge in [-0.2, -0.15) is 0 Å². The molecule has 0 saturated heterocycles. The van der Waals surface area contributed by atoms with Crippen LogP contribution in [-0.4, -0.2) is 12.1 Å². The van der Waals surface area contributed by atoms with Gasteiger partial charge < -0.3 is 10.6 Å². The molecule has 0 aliphatic heterocycles. The molecule has 0 aliphatic rings. The number of rotatable bonds is 3. The summed E-state index contributed by atoms with van der Waals surface area (Å²) in [5, 5.41) is 5.67. The highest BCUT2D eigenvalue weighted by Crippen LogP contribution is 2.10. The molecule has 1 atom stereocenters. The average Bonchev–Trinajstić information content (AvgIpc) is 2.17. The van der Waals surface area contributed by atoms with E-state index < -0.39 is 0 Å². The van der Waals surface area contributed by atoms with Gasteiger partial charge in [0.2, 0.25) is 0 Å². The van der Waals surface area contributed by atoms with Crippen LogP contribution in [0.1, 0.15) is 32.4 Å². The maximum absolute atomic E-state index is 11.4. The first-order valence-electron chi connectivity index (χ1n) is 5.21. The molecule has 1 aromatic rings. The Kier molecular flexibility index (Phi) is 4.16. The zero-order chi connectivity index (χ0) is 11.3. The number of nitrogens with one attached hydrogen (secondary N) is 2. The Morgan fingerprint density at radius 1 is 1.07 bits per heavy atom. The highest BCUT2D eigenvalue weighted by molar-refractivity contribution is 5.74. The second-order valence-corrected chi connectivity index (χ2v) is 3.90. The Balaban J connectivity index is 2.49. The van der Waals surface area contributed by atoms with Crippen molar-refractivity contribution in [3.8, 4) is 0 Å². The summed E-state index contributed by atoms with van der Waals surface area (Å²) in [6.45, 7) is 5.84. The van der Waals surface area contributed by atoms with Gasteiger partial charge in [-0.1, -0.05) is 30.3 Å². The molecule has 3 nitrogen and oxygen atoms in total. The molecule has 1 rings (SSSR count). The standard InChI is InChI=1S/C12H18N2O/c1-9(2)13-12(15)14-10(3)11-7-5-4-6-8-11/h4-10H,1-3H3,(H2,13,14,15). The van der Waals surface area contributed by atoms with Crippen LogP contribution in [0.25, 0.3) is 0 Å². The van der Waals surface area contributed by atoms with Crippen molar-refractivity contribution in [2.24, 2.45) is 0 Å². The maximum Gasteiger partial charge on any atom is 0.315 e. The van der Waals surface area contributed by atoms with Crippen molar-refractivity contribution in [2.45, 2.75) is 32.9 Å². The highest BCUT2D eigenvalue weighted by atomic mass is 16.2. The summed E-state index contributed by atoms with van der Waals surface area (Å²) < 4.78 is 0. The van der Waals surface area contributed by atoms with E-state index >= 15 is 0 Å². The van der Waals surface area contributed by atoms with Crippen LogP contribution in [0, 0.1) is 0 Å². The van der Waals surface area contributed by atoms with Gasteiger partial charge >= 0.3 is 6.03 Å². The minimum absolute atomic E-state index is 0.0324. The molecule has 0 bridgehead atoms. The van der Waals surface area contributed by atoms with E-state index in [9.17, 15) is 4.79 Å². The van der Waals surface area contributed by atoms with E-state index in [1.54, 1.807) is 0 Å². The Hall–Kier alpha value is -1.51. The predicted octanol–water partition coefficient (Wildman–Crippen LogP) is 2.46. The number of hydrogen-bond acceptors (Lipinski definition) is 1. The normalized spacial score (nSPS) is 12.3. The summed E-state index contributed by atoms with van der Waals surface area (Å²) in [5.41, 5.74) is 1.11. The third-order valence-electron chi connectivity index (χ3n) is 2.07. The summed E-state index contributed by atoms with van der Waals surface area (Å²) in [7, 11) is 0. The third kappa shape index (κ3) is 4.02. The molecule has 2 amide bonds. The van der Waals surface area contributed by atoms with E-state index in [4.69, 9.17) is 0 Å². The summed E-state index contributed by atoms with van der Waals surface area (Å²) in [6, 6.07) is 9.96. The lowest BCUT2D eigenvalue weighted by Crippen LogP contribution is -2.40. The Morgan fingerprint density at radius 3 is 2.20 bits per heavy atom. The molecule has 0 heterocycles. The predicted molar refractivity (Wildman–Crippen MR) is 61.7 cm³/mol. The Labute approximate surface area is 90.9 Å². The van der Waals surface area contributed by atoms with E-state index in [0.717, 1.165) is 5.56 Å². The molecule has 0 saturated carbocycles. The highest BCUT2D eigenvalue weighted by Gasteiger charge is 2.08. The van der Waals surface area contributed by atoms with Crippen LogP contribution in [0.15, 0.2) is 30.3 Å². The third-order valence-corrected chi connectivity index (χ3v) is 2.07. The summed E-state index contributed by atoms with van der Waals surface area (Å²) in [4.78, 5) is 11.4. The van der Waals surface area contributed by atoms with Crippen LogP contribution in [0.4, 0.5) is 4.79 Å². The topological polar surface area (TPSA) is 41.1 Å². The lowest BCUT2D eigenvalue weighted by molar-refractivity contribution is 0.235. The summed E-state index contributed by atoms with van der Waals surface area (Å²) in [6.07, 6.45) is 0. The smallest absolute Gasteiger partial charge is 0.315 e. The van der Waals surface area contributed by atoms with Gasteiger partial charge in [-0.25, -0.2) is 4.79 Å². The maximum atomic E-state index is 11.4. The first-order valence-corrected chi connectivity index (χ1v) is 5.21. The van der Waals surface area contributed by atoms with Crippen molar-refractivity contribution in [3.05, 3.63) is 35.9 Å². The molecule has 0 radical (unpaired) electrons. The van der Waals surface area contributed by atoms with Crippen molar-refractivity contribution < 1.29 is 4.79 Å². The number of urea groups is 1. The molecule has 1 aromatic carbocycles. The number of amides is 2. The van der Waals surface area contributed by atoms with E-state index in [-0.39, 0.29) is 18.1 Å². The van der Waals surface area contributed by atoms with Gasteiger partial charge in [-0.3, -0.25) is 0 Å². The molecular weight excluding hydrogens is 188 g/mol. The first-order chi connectivity index (χ1) is 7.09. The molecule has 0 spiro atoms. The van der Waals surface area contributed by atoms with Gasteiger partial charge in [-0.05, 0) is 26.3 Å². The molecule has 1 unspecified atom stereocenters. The Morgan fingerprint density at radius 2 is 1.67 bits per heavy atom. The van der Waals surface area contributed by atoms with E-state index in [1.165, 1.54) is 0 Å². The van der Waals surface area contributed by atoms with Crippen molar-refractivity contribution in [1.82, 2.24) is 10.6 Å². The lowest BCUT2D eigenvalue weighted by Gasteiger charge is -2.16. The second-order valence-electron chi connectivity index (χ2n) is 3.90. The van der Waals surface area contributed by atoms with Gasteiger partial charge in [0.05, 0.1) is 6.04 Å². The summed E-state index contributed by atoms with van der Waals surface area (Å²) >= 11 is 0.